The van der Waals surface area contributed by atoms with Crippen molar-refractivity contribution >= 4 is 54.0 Å². The van der Waals surface area contributed by atoms with Crippen LogP contribution in [0.3, 0.4) is 0 Å². The smallest absolute Gasteiger partial charge is 0.406 e. The van der Waals surface area contributed by atoms with Crippen molar-refractivity contribution in [2.45, 2.75) is 31.7 Å². The highest BCUT2D eigenvalue weighted by Crippen LogP contribution is 2.32. The molecule has 2 aliphatic rings. The second kappa shape index (κ2) is 7.75. The summed E-state index contributed by atoms with van der Waals surface area (Å²) in [7, 11) is -3.24. The number of hydrazone groups is 1. The molecule has 1 unspecified atom stereocenters. The minimum absolute atomic E-state index is 0.0147. The van der Waals surface area contributed by atoms with Crippen molar-refractivity contribution < 1.29 is 35.9 Å². The van der Waals surface area contributed by atoms with Crippen LogP contribution in [0.15, 0.2) is 23.3 Å². The van der Waals surface area contributed by atoms with Gasteiger partial charge in [0.1, 0.15) is 11.5 Å². The van der Waals surface area contributed by atoms with Crippen molar-refractivity contribution in [3.63, 3.8) is 0 Å². The number of amides is 2. The monoisotopic (exact) mass is 476 g/mol. The van der Waals surface area contributed by atoms with E-state index in [0.717, 1.165) is 28.5 Å². The van der Waals surface area contributed by atoms with Gasteiger partial charge >= 0.3 is 6.36 Å². The van der Waals surface area contributed by atoms with E-state index in [1.807, 2.05) is 0 Å². The first kappa shape index (κ1) is 21.5. The van der Waals surface area contributed by atoms with Gasteiger partial charge in [0.25, 0.3) is 5.91 Å². The molecule has 1 fully saturated rings. The number of rotatable bonds is 4. The Morgan fingerprint density at radius 2 is 2.06 bits per heavy atom. The molecule has 0 bridgehead atoms. The fourth-order valence-electron chi connectivity index (χ4n) is 3.31. The number of nitrogens with one attached hydrogen (secondary N) is 1. The topological polar surface area (TPSA) is 118 Å². The molecule has 4 rings (SSSR count). The first-order chi connectivity index (χ1) is 14.5. The Kier molecular flexibility index (Phi) is 5.37. The van der Waals surface area contributed by atoms with Gasteiger partial charge in [-0.15, -0.1) is 13.2 Å². The van der Waals surface area contributed by atoms with Crippen LogP contribution < -0.4 is 10.1 Å². The summed E-state index contributed by atoms with van der Waals surface area (Å²) in [5.74, 6) is -1.61. The van der Waals surface area contributed by atoms with E-state index in [-0.39, 0.29) is 47.5 Å². The number of carbonyl (C=O) groups excluding carboxylic acids is 2. The maximum absolute atomic E-state index is 12.6. The first-order valence-corrected chi connectivity index (χ1v) is 11.7. The maximum atomic E-state index is 12.6. The number of benzene rings is 1. The number of sulfone groups is 1. The molecular weight excluding hydrogens is 461 g/mol. The van der Waals surface area contributed by atoms with Gasteiger partial charge in [0.05, 0.1) is 27.8 Å². The Morgan fingerprint density at radius 1 is 1.29 bits per heavy atom. The molecule has 9 nitrogen and oxygen atoms in total. The lowest BCUT2D eigenvalue weighted by atomic mass is 10.1. The van der Waals surface area contributed by atoms with E-state index in [1.54, 1.807) is 0 Å². The van der Waals surface area contributed by atoms with Gasteiger partial charge in [0.2, 0.25) is 5.91 Å². The fraction of sp³-hybridized carbons (Fsp3) is 0.412. The summed E-state index contributed by atoms with van der Waals surface area (Å²) >= 11 is 0.951. The van der Waals surface area contributed by atoms with Crippen LogP contribution in [-0.2, 0) is 19.4 Å². The summed E-state index contributed by atoms with van der Waals surface area (Å²) in [4.78, 5) is 28.9. The van der Waals surface area contributed by atoms with Crippen LogP contribution in [0.4, 0.5) is 18.3 Å². The molecule has 2 amide bonds. The summed E-state index contributed by atoms with van der Waals surface area (Å²) in [5, 5.41) is 7.81. The number of anilines is 1. The molecule has 31 heavy (non-hydrogen) atoms. The van der Waals surface area contributed by atoms with E-state index in [0.29, 0.717) is 10.2 Å². The second-order valence-electron chi connectivity index (χ2n) is 6.99. The van der Waals surface area contributed by atoms with Crippen LogP contribution in [0.25, 0.3) is 10.2 Å². The number of fused-ring (bicyclic) bond motifs is 1. The van der Waals surface area contributed by atoms with Crippen molar-refractivity contribution in [1.29, 1.82) is 0 Å². The third-order valence-electron chi connectivity index (χ3n) is 4.69. The van der Waals surface area contributed by atoms with E-state index >= 15 is 0 Å². The predicted molar refractivity (Wildman–Crippen MR) is 106 cm³/mol. The van der Waals surface area contributed by atoms with E-state index in [9.17, 15) is 31.2 Å². The van der Waals surface area contributed by atoms with Gasteiger partial charge in [-0.2, -0.15) is 5.10 Å². The Morgan fingerprint density at radius 3 is 2.74 bits per heavy atom. The third kappa shape index (κ3) is 4.95. The molecule has 1 aromatic carbocycles. The molecule has 0 spiro atoms. The summed E-state index contributed by atoms with van der Waals surface area (Å²) in [6.45, 7) is 0. The van der Waals surface area contributed by atoms with E-state index < -0.39 is 33.9 Å². The third-order valence-corrected chi connectivity index (χ3v) is 7.37. The summed E-state index contributed by atoms with van der Waals surface area (Å²) < 4.78 is 64.7. The van der Waals surface area contributed by atoms with Crippen molar-refractivity contribution in [3.05, 3.63) is 18.2 Å². The number of aromatic nitrogens is 1. The summed E-state index contributed by atoms with van der Waals surface area (Å²) in [6, 6.07) is 3.01. The van der Waals surface area contributed by atoms with E-state index in [2.05, 4.69) is 20.1 Å². The molecule has 2 aromatic rings. The van der Waals surface area contributed by atoms with Gasteiger partial charge in [0.15, 0.2) is 15.0 Å². The van der Waals surface area contributed by atoms with Crippen molar-refractivity contribution in [2.24, 2.45) is 5.10 Å². The Hall–Kier alpha value is -2.74. The van der Waals surface area contributed by atoms with Gasteiger partial charge in [-0.25, -0.2) is 18.4 Å². The molecule has 1 aromatic heterocycles. The average Bonchev–Trinajstić information content (AvgIpc) is 3.22. The minimum atomic E-state index is -4.82. The summed E-state index contributed by atoms with van der Waals surface area (Å²) in [6.07, 6.45) is -4.47. The average molecular weight is 476 g/mol. The lowest BCUT2D eigenvalue weighted by molar-refractivity contribution is -0.274. The van der Waals surface area contributed by atoms with Crippen LogP contribution in [0, 0.1) is 0 Å². The molecule has 3 heterocycles. The SMILES string of the molecule is O=C(Nc1nc2ccc(OC(F)(F)F)cc2s1)C1=NN(C2CCS(=O)(=O)C2)C(=O)CC1. The molecule has 14 heteroatoms. The molecule has 166 valence electrons. The number of hydrogen-bond donors (Lipinski definition) is 1. The molecule has 2 aliphatic heterocycles. The van der Waals surface area contributed by atoms with Gasteiger partial charge < -0.3 is 4.74 Å². The van der Waals surface area contributed by atoms with Crippen molar-refractivity contribution in [1.82, 2.24) is 9.99 Å². The van der Waals surface area contributed by atoms with Gasteiger partial charge in [-0.3, -0.25) is 14.9 Å². The van der Waals surface area contributed by atoms with Crippen molar-refractivity contribution in [3.8, 4) is 5.75 Å². The lowest BCUT2D eigenvalue weighted by Crippen LogP contribution is -2.42. The normalized spacial score (nSPS) is 21.3. The van der Waals surface area contributed by atoms with E-state index in [4.69, 9.17) is 0 Å². The van der Waals surface area contributed by atoms with Crippen LogP contribution in [0.2, 0.25) is 0 Å². The molecule has 0 aliphatic carbocycles. The minimum Gasteiger partial charge on any atom is -0.406 e. The standard InChI is InChI=1S/C17H15F3N4O5S2/c18-17(19,20)29-10-1-2-11-13(7-10)30-16(21-11)22-15(26)12-3-4-14(25)24(23-12)9-5-6-31(27,28)8-9/h1-2,7,9H,3-6,8H2,(H,21,22,26). The second-order valence-corrected chi connectivity index (χ2v) is 10.3. The molecule has 0 radical (unpaired) electrons. The number of alkyl halides is 3. The zero-order valence-corrected chi connectivity index (χ0v) is 17.3. The quantitative estimate of drug-likeness (QED) is 0.724. The van der Waals surface area contributed by atoms with Gasteiger partial charge in [-0.1, -0.05) is 11.3 Å². The number of ether oxygens (including phenoxy) is 1. The highest BCUT2D eigenvalue weighted by atomic mass is 32.2. The maximum Gasteiger partial charge on any atom is 0.573 e. The molecule has 1 atom stereocenters. The van der Waals surface area contributed by atoms with Crippen LogP contribution in [-0.4, -0.2) is 59.8 Å². The van der Waals surface area contributed by atoms with Crippen molar-refractivity contribution in [2.75, 3.05) is 16.8 Å². The predicted octanol–water partition coefficient (Wildman–Crippen LogP) is 2.30. The molecular formula is C17H15F3N4O5S2. The summed E-state index contributed by atoms with van der Waals surface area (Å²) in [5.41, 5.74) is 0.414. The van der Waals surface area contributed by atoms with Gasteiger partial charge in [-0.05, 0) is 18.6 Å². The Balaban J connectivity index is 1.50. The molecule has 1 saturated heterocycles. The largest absolute Gasteiger partial charge is 0.573 e. The fourth-order valence-corrected chi connectivity index (χ4v) is 5.89. The zero-order chi connectivity index (χ0) is 22.4. The zero-order valence-electron chi connectivity index (χ0n) is 15.7. The Labute approximate surface area is 177 Å². The number of carbonyl (C=O) groups is 2. The first-order valence-electron chi connectivity index (χ1n) is 9.07. The number of nitrogens with zero attached hydrogens (tertiary/aromatic N) is 3. The van der Waals surface area contributed by atoms with Gasteiger partial charge in [0, 0.05) is 18.9 Å². The van der Waals surface area contributed by atoms with Crippen LogP contribution in [0.1, 0.15) is 19.3 Å². The highest BCUT2D eigenvalue weighted by molar-refractivity contribution is 7.91. The molecule has 1 N–H and O–H groups in total. The lowest BCUT2D eigenvalue weighted by Gasteiger charge is -2.27. The van der Waals surface area contributed by atoms with Crippen LogP contribution >= 0.6 is 11.3 Å². The van der Waals surface area contributed by atoms with E-state index in [1.165, 1.54) is 6.07 Å². The molecule has 0 saturated carbocycles. The highest BCUT2D eigenvalue weighted by Gasteiger charge is 2.37. The number of thiazole rings is 1. The van der Waals surface area contributed by atoms with Crippen LogP contribution in [0.5, 0.6) is 5.75 Å². The number of halogens is 3. The number of hydrogen-bond acceptors (Lipinski definition) is 8. The Bertz CT molecular complexity index is 1190.